The fraction of sp³-hybridized carbons (Fsp3) is 0.696. The molecule has 3 atom stereocenters. The van der Waals surface area contributed by atoms with Crippen molar-refractivity contribution in [3.63, 3.8) is 0 Å². The van der Waals surface area contributed by atoms with Gasteiger partial charge in [-0.15, -0.1) is 24.0 Å². The zero-order valence-electron chi connectivity index (χ0n) is 17.4. The second kappa shape index (κ2) is 9.79. The Kier molecular flexibility index (Phi) is 7.65. The van der Waals surface area contributed by atoms with E-state index in [1.807, 2.05) is 14.2 Å². The molecule has 1 aromatic rings. The topological polar surface area (TPSA) is 45.7 Å². The highest BCUT2D eigenvalue weighted by atomic mass is 127. The molecule has 0 aromatic heterocycles. The second-order valence-electron chi connectivity index (χ2n) is 8.85. The fourth-order valence-corrected chi connectivity index (χ4v) is 5.65. The van der Waals surface area contributed by atoms with Crippen LogP contribution in [0.3, 0.4) is 0 Å². The minimum Gasteiger partial charge on any atom is -0.385 e. The van der Waals surface area contributed by atoms with Crippen molar-refractivity contribution in [3.05, 3.63) is 35.4 Å². The second-order valence-corrected chi connectivity index (χ2v) is 8.85. The van der Waals surface area contributed by atoms with E-state index in [0.717, 1.165) is 49.8 Å². The molecule has 1 aromatic carbocycles. The summed E-state index contributed by atoms with van der Waals surface area (Å²) in [6, 6.07) is 9.05. The Bertz CT molecular complexity index is 672. The molecule has 0 heterocycles. The first-order chi connectivity index (χ1) is 13.3. The van der Waals surface area contributed by atoms with Crippen molar-refractivity contribution in [1.82, 2.24) is 10.6 Å². The maximum absolute atomic E-state index is 5.36. The smallest absolute Gasteiger partial charge is 0.191 e. The van der Waals surface area contributed by atoms with Crippen molar-refractivity contribution in [3.8, 4) is 0 Å². The number of hydrogen-bond acceptors (Lipinski definition) is 2. The van der Waals surface area contributed by atoms with Crippen LogP contribution in [0.25, 0.3) is 0 Å². The van der Waals surface area contributed by atoms with E-state index in [9.17, 15) is 0 Å². The highest BCUT2D eigenvalue weighted by Gasteiger charge is 2.52. The van der Waals surface area contributed by atoms with Gasteiger partial charge in [0.05, 0.1) is 0 Å². The molecule has 4 nitrogen and oxygen atoms in total. The third-order valence-corrected chi connectivity index (χ3v) is 7.35. The van der Waals surface area contributed by atoms with Gasteiger partial charge in [-0.05, 0) is 66.4 Å². The van der Waals surface area contributed by atoms with Gasteiger partial charge in [-0.25, -0.2) is 0 Å². The van der Waals surface area contributed by atoms with Gasteiger partial charge in [0.1, 0.15) is 0 Å². The lowest BCUT2D eigenvalue weighted by molar-refractivity contribution is 0.138. The largest absolute Gasteiger partial charge is 0.385 e. The standard InChI is InChI=1S/C23H35N3O.HI/c1-24-22(26-16-23(13-14-27-2)11-5-6-12-23)25-15-20-19-10-9-17-7-3-4-8-18(17)21(19)20;/h3-4,7-8,19-21H,5-6,9-16H2,1-2H3,(H2,24,25,26);1H. The molecule has 0 aliphatic heterocycles. The van der Waals surface area contributed by atoms with Crippen molar-refractivity contribution in [1.29, 1.82) is 0 Å². The average molecular weight is 497 g/mol. The first-order valence-electron chi connectivity index (χ1n) is 10.8. The van der Waals surface area contributed by atoms with Crippen molar-refractivity contribution in [2.45, 2.75) is 50.9 Å². The number of aryl methyl sites for hydroxylation is 1. The van der Waals surface area contributed by atoms with Crippen LogP contribution in [0, 0.1) is 17.3 Å². The molecule has 2 fully saturated rings. The van der Waals surface area contributed by atoms with Crippen LogP contribution in [0.2, 0.25) is 0 Å². The predicted molar refractivity (Wildman–Crippen MR) is 127 cm³/mol. The summed E-state index contributed by atoms with van der Waals surface area (Å²) in [6.45, 7) is 2.91. The molecule has 28 heavy (non-hydrogen) atoms. The number of nitrogens with zero attached hydrogens (tertiary/aromatic N) is 1. The molecule has 0 saturated heterocycles. The summed E-state index contributed by atoms with van der Waals surface area (Å²) < 4.78 is 5.36. The number of methoxy groups -OCH3 is 1. The highest BCUT2D eigenvalue weighted by Crippen LogP contribution is 2.59. The van der Waals surface area contributed by atoms with Gasteiger partial charge < -0.3 is 15.4 Å². The van der Waals surface area contributed by atoms with Crippen LogP contribution in [-0.2, 0) is 11.2 Å². The van der Waals surface area contributed by atoms with E-state index in [1.165, 1.54) is 38.5 Å². The molecule has 0 spiro atoms. The minimum absolute atomic E-state index is 0. The SMILES string of the molecule is CN=C(NCC1C2CCc3ccccc3C21)NCC1(CCOC)CCCC1.I. The number of guanidine groups is 1. The Morgan fingerprint density at radius 1 is 1.21 bits per heavy atom. The number of nitrogens with one attached hydrogen (secondary N) is 2. The van der Waals surface area contributed by atoms with E-state index in [4.69, 9.17) is 4.74 Å². The third kappa shape index (κ3) is 4.66. The molecule has 0 radical (unpaired) electrons. The Morgan fingerprint density at radius 3 is 2.75 bits per heavy atom. The zero-order valence-corrected chi connectivity index (χ0v) is 19.7. The molecule has 2 saturated carbocycles. The Hall–Kier alpha value is -0.820. The maximum atomic E-state index is 5.36. The molecule has 3 aliphatic rings. The van der Waals surface area contributed by atoms with Crippen molar-refractivity contribution >= 4 is 29.9 Å². The number of hydrogen-bond donors (Lipinski definition) is 2. The van der Waals surface area contributed by atoms with E-state index in [-0.39, 0.29) is 24.0 Å². The van der Waals surface area contributed by atoms with E-state index in [1.54, 1.807) is 11.1 Å². The highest BCUT2D eigenvalue weighted by molar-refractivity contribution is 14.0. The number of benzene rings is 1. The van der Waals surface area contributed by atoms with E-state index in [2.05, 4.69) is 39.9 Å². The summed E-state index contributed by atoms with van der Waals surface area (Å²) in [5, 5.41) is 7.25. The fourth-order valence-electron chi connectivity index (χ4n) is 5.65. The monoisotopic (exact) mass is 497 g/mol. The third-order valence-electron chi connectivity index (χ3n) is 7.35. The van der Waals surface area contributed by atoms with Gasteiger partial charge in [-0.1, -0.05) is 37.1 Å². The number of aliphatic imine (C=N–C) groups is 1. The lowest BCUT2D eigenvalue weighted by atomic mass is 9.83. The summed E-state index contributed by atoms with van der Waals surface area (Å²) in [7, 11) is 3.70. The molecule has 0 bridgehead atoms. The van der Waals surface area contributed by atoms with Crippen LogP contribution in [0.15, 0.2) is 29.3 Å². The first kappa shape index (κ1) is 21.9. The Balaban J connectivity index is 0.00000225. The maximum Gasteiger partial charge on any atom is 0.191 e. The van der Waals surface area contributed by atoms with Crippen molar-refractivity contribution < 1.29 is 4.74 Å². The molecule has 3 unspecified atom stereocenters. The summed E-state index contributed by atoms with van der Waals surface area (Å²) in [6.07, 6.45) is 9.07. The number of ether oxygens (including phenoxy) is 1. The molecule has 2 N–H and O–H groups in total. The Morgan fingerprint density at radius 2 is 2.00 bits per heavy atom. The van der Waals surface area contributed by atoms with Crippen LogP contribution < -0.4 is 10.6 Å². The van der Waals surface area contributed by atoms with E-state index in [0.29, 0.717) is 5.41 Å². The summed E-state index contributed by atoms with van der Waals surface area (Å²) in [5.74, 6) is 3.37. The minimum atomic E-state index is 0. The van der Waals surface area contributed by atoms with E-state index >= 15 is 0 Å². The predicted octanol–water partition coefficient (Wildman–Crippen LogP) is 4.34. The zero-order chi connectivity index (χ0) is 18.7. The Labute approximate surface area is 187 Å². The van der Waals surface area contributed by atoms with Crippen molar-refractivity contribution in [2.24, 2.45) is 22.2 Å². The normalized spacial score (nSPS) is 27.4. The number of halogens is 1. The van der Waals surface area contributed by atoms with Gasteiger partial charge in [0.25, 0.3) is 0 Å². The number of fused-ring (bicyclic) bond motifs is 3. The first-order valence-corrected chi connectivity index (χ1v) is 10.8. The quantitative estimate of drug-likeness (QED) is 0.335. The van der Waals surface area contributed by atoms with Crippen LogP contribution >= 0.6 is 24.0 Å². The van der Waals surface area contributed by atoms with Gasteiger partial charge in [0.2, 0.25) is 0 Å². The molecule has 0 amide bonds. The molecule has 156 valence electrons. The van der Waals surface area contributed by atoms with Crippen molar-refractivity contribution in [2.75, 3.05) is 33.9 Å². The number of rotatable bonds is 7. The molecular formula is C23H36IN3O. The molecule has 3 aliphatic carbocycles. The van der Waals surface area contributed by atoms with Gasteiger partial charge in [-0.3, -0.25) is 4.99 Å². The van der Waals surface area contributed by atoms with Crippen LogP contribution in [0.5, 0.6) is 0 Å². The molecule has 4 rings (SSSR count). The summed E-state index contributed by atoms with van der Waals surface area (Å²) in [5.41, 5.74) is 3.57. The van der Waals surface area contributed by atoms with Gasteiger partial charge in [0.15, 0.2) is 5.96 Å². The lowest BCUT2D eigenvalue weighted by Gasteiger charge is -2.30. The van der Waals surface area contributed by atoms with Crippen LogP contribution in [0.1, 0.15) is 55.6 Å². The lowest BCUT2D eigenvalue weighted by Crippen LogP contribution is -2.44. The summed E-state index contributed by atoms with van der Waals surface area (Å²) in [4.78, 5) is 4.48. The average Bonchev–Trinajstić information content (AvgIpc) is 3.23. The van der Waals surface area contributed by atoms with Crippen LogP contribution in [-0.4, -0.2) is 39.8 Å². The summed E-state index contributed by atoms with van der Waals surface area (Å²) >= 11 is 0. The van der Waals surface area contributed by atoms with Crippen LogP contribution in [0.4, 0.5) is 0 Å². The van der Waals surface area contributed by atoms with E-state index < -0.39 is 0 Å². The molecule has 5 heteroatoms. The molecular weight excluding hydrogens is 461 g/mol. The van der Waals surface area contributed by atoms with Gasteiger partial charge >= 0.3 is 0 Å². The van der Waals surface area contributed by atoms with Gasteiger partial charge in [0, 0.05) is 33.9 Å². The van der Waals surface area contributed by atoms with Gasteiger partial charge in [-0.2, -0.15) is 0 Å².